The van der Waals surface area contributed by atoms with Crippen LogP contribution in [0, 0.1) is 0 Å². The van der Waals surface area contributed by atoms with Gasteiger partial charge in [-0.1, -0.05) is 17.7 Å². The second-order valence-electron chi connectivity index (χ2n) is 6.22. The van der Waals surface area contributed by atoms with Crippen molar-refractivity contribution in [3.8, 4) is 5.69 Å². The molecule has 2 rings (SSSR count). The van der Waals surface area contributed by atoms with Crippen molar-refractivity contribution in [2.24, 2.45) is 0 Å². The molecule has 0 amide bonds. The molecule has 8 heteroatoms. The quantitative estimate of drug-likeness (QED) is 0.835. The summed E-state index contributed by atoms with van der Waals surface area (Å²) in [5.41, 5.74) is 5.43. The van der Waals surface area contributed by atoms with E-state index < -0.39 is 17.5 Å². The molecule has 1 heterocycles. The lowest BCUT2D eigenvalue weighted by Crippen LogP contribution is -2.26. The molecule has 0 aliphatic rings. The van der Waals surface area contributed by atoms with Crippen LogP contribution < -0.4 is 5.73 Å². The van der Waals surface area contributed by atoms with Crippen molar-refractivity contribution < 1.29 is 19.1 Å². The molecular formula is C17H20ClN3O4. The number of ether oxygens (including phenoxy) is 2. The smallest absolute Gasteiger partial charge is 0.361 e. The van der Waals surface area contributed by atoms with Crippen molar-refractivity contribution in [2.75, 3.05) is 12.3 Å². The summed E-state index contributed by atoms with van der Waals surface area (Å²) < 4.78 is 11.6. The van der Waals surface area contributed by atoms with Crippen LogP contribution in [-0.4, -0.2) is 33.9 Å². The minimum absolute atomic E-state index is 0.0553. The summed E-state index contributed by atoms with van der Waals surface area (Å²) in [4.78, 5) is 24.7. The van der Waals surface area contributed by atoms with E-state index in [1.807, 2.05) is 0 Å². The van der Waals surface area contributed by atoms with E-state index in [0.29, 0.717) is 10.7 Å². The third-order valence-electron chi connectivity index (χ3n) is 3.04. The predicted molar refractivity (Wildman–Crippen MR) is 94.1 cm³/mol. The van der Waals surface area contributed by atoms with Crippen LogP contribution >= 0.6 is 11.6 Å². The Kier molecular flexibility index (Phi) is 5.37. The molecule has 0 saturated heterocycles. The average molecular weight is 366 g/mol. The monoisotopic (exact) mass is 365 g/mol. The summed E-state index contributed by atoms with van der Waals surface area (Å²) in [6.45, 7) is 7.01. The molecule has 0 spiro atoms. The zero-order valence-electron chi connectivity index (χ0n) is 14.5. The maximum absolute atomic E-state index is 12.6. The first-order valence-electron chi connectivity index (χ1n) is 7.69. The van der Waals surface area contributed by atoms with Crippen molar-refractivity contribution in [1.29, 1.82) is 0 Å². The molecule has 25 heavy (non-hydrogen) atoms. The van der Waals surface area contributed by atoms with Gasteiger partial charge in [0.05, 0.1) is 12.3 Å². The first-order valence-corrected chi connectivity index (χ1v) is 8.06. The maximum Gasteiger partial charge on any atom is 0.361 e. The zero-order chi connectivity index (χ0) is 18.8. The number of hydrogen-bond donors (Lipinski definition) is 1. The fourth-order valence-electron chi connectivity index (χ4n) is 2.10. The van der Waals surface area contributed by atoms with E-state index in [0.717, 1.165) is 0 Å². The van der Waals surface area contributed by atoms with E-state index in [9.17, 15) is 9.59 Å². The van der Waals surface area contributed by atoms with Crippen molar-refractivity contribution >= 4 is 29.2 Å². The predicted octanol–water partition coefficient (Wildman–Crippen LogP) is 3.24. The molecule has 7 nitrogen and oxygen atoms in total. The van der Waals surface area contributed by atoms with Crippen molar-refractivity contribution in [2.45, 2.75) is 33.3 Å². The average Bonchev–Trinajstić information content (AvgIpc) is 2.83. The molecule has 0 atom stereocenters. The number of nitrogens with two attached hydrogens (primary N) is 1. The molecule has 2 N–H and O–H groups in total. The molecular weight excluding hydrogens is 346 g/mol. The highest BCUT2D eigenvalue weighted by molar-refractivity contribution is 6.30. The van der Waals surface area contributed by atoms with Gasteiger partial charge < -0.3 is 15.2 Å². The Bertz CT molecular complexity index is 809. The van der Waals surface area contributed by atoms with E-state index in [1.54, 1.807) is 52.0 Å². The number of benzene rings is 1. The normalized spacial score (nSPS) is 11.2. The maximum atomic E-state index is 12.6. The molecule has 0 aliphatic heterocycles. The van der Waals surface area contributed by atoms with Gasteiger partial charge in [0.15, 0.2) is 11.4 Å². The van der Waals surface area contributed by atoms with Gasteiger partial charge in [-0.05, 0) is 45.9 Å². The second-order valence-corrected chi connectivity index (χ2v) is 6.66. The highest BCUT2D eigenvalue weighted by Crippen LogP contribution is 2.26. The summed E-state index contributed by atoms with van der Waals surface area (Å²) in [6, 6.07) is 6.65. The van der Waals surface area contributed by atoms with Crippen LogP contribution in [0.4, 0.5) is 5.69 Å². The third kappa shape index (κ3) is 4.30. The highest BCUT2D eigenvalue weighted by atomic mass is 35.5. The number of carbonyl (C=O) groups excluding carboxylic acids is 2. The fraction of sp³-hybridized carbons (Fsp3) is 0.353. The topological polar surface area (TPSA) is 96.4 Å². The van der Waals surface area contributed by atoms with Gasteiger partial charge in [0.2, 0.25) is 0 Å². The van der Waals surface area contributed by atoms with Crippen LogP contribution in [0.25, 0.3) is 5.69 Å². The van der Waals surface area contributed by atoms with Crippen LogP contribution in [0.1, 0.15) is 48.7 Å². The SMILES string of the molecule is CCOC(=O)c1nn(-c2cccc(Cl)c2)c(C(=O)OC(C)(C)C)c1N. The summed E-state index contributed by atoms with van der Waals surface area (Å²) in [5.74, 6) is -1.42. The highest BCUT2D eigenvalue weighted by Gasteiger charge is 2.30. The molecule has 0 aliphatic carbocycles. The number of hydrogen-bond acceptors (Lipinski definition) is 6. The van der Waals surface area contributed by atoms with E-state index in [-0.39, 0.29) is 23.7 Å². The lowest BCUT2D eigenvalue weighted by molar-refractivity contribution is 0.00605. The van der Waals surface area contributed by atoms with Gasteiger partial charge in [-0.2, -0.15) is 5.10 Å². The number of nitrogen functional groups attached to an aromatic ring is 1. The summed E-state index contributed by atoms with van der Waals surface area (Å²) >= 11 is 6.01. The van der Waals surface area contributed by atoms with Gasteiger partial charge in [-0.15, -0.1) is 0 Å². The van der Waals surface area contributed by atoms with Crippen LogP contribution in [0.5, 0.6) is 0 Å². The Balaban J connectivity index is 2.62. The third-order valence-corrected chi connectivity index (χ3v) is 3.27. The molecule has 1 aromatic carbocycles. The first kappa shape index (κ1) is 18.8. The number of carbonyl (C=O) groups is 2. The van der Waals surface area contributed by atoms with Gasteiger partial charge in [-0.3, -0.25) is 0 Å². The van der Waals surface area contributed by atoms with Gasteiger partial charge >= 0.3 is 11.9 Å². The van der Waals surface area contributed by atoms with E-state index in [2.05, 4.69) is 5.10 Å². The number of aromatic nitrogens is 2. The number of halogens is 1. The van der Waals surface area contributed by atoms with Crippen LogP contribution in [0.3, 0.4) is 0 Å². The van der Waals surface area contributed by atoms with E-state index in [1.165, 1.54) is 4.68 Å². The molecule has 134 valence electrons. The molecule has 0 unspecified atom stereocenters. The molecule has 0 radical (unpaired) electrons. The molecule has 2 aromatic rings. The van der Waals surface area contributed by atoms with Gasteiger partial charge in [0.25, 0.3) is 0 Å². The zero-order valence-corrected chi connectivity index (χ0v) is 15.3. The number of anilines is 1. The number of esters is 2. The van der Waals surface area contributed by atoms with Crippen molar-refractivity contribution in [3.05, 3.63) is 40.7 Å². The van der Waals surface area contributed by atoms with Crippen LogP contribution in [0.2, 0.25) is 5.02 Å². The van der Waals surface area contributed by atoms with Crippen LogP contribution in [0.15, 0.2) is 24.3 Å². The molecule has 0 bridgehead atoms. The fourth-order valence-corrected chi connectivity index (χ4v) is 2.28. The van der Waals surface area contributed by atoms with Crippen molar-refractivity contribution in [3.63, 3.8) is 0 Å². The lowest BCUT2D eigenvalue weighted by atomic mass is 10.2. The summed E-state index contributed by atoms with van der Waals surface area (Å²) in [6.07, 6.45) is 0. The Labute approximate surface area is 150 Å². The standard InChI is InChI=1S/C17H20ClN3O4/c1-5-24-15(22)13-12(19)14(16(23)25-17(2,3)4)21(20-13)11-8-6-7-10(18)9-11/h6-9H,5,19H2,1-4H3. The van der Waals surface area contributed by atoms with E-state index in [4.69, 9.17) is 26.8 Å². The first-order chi connectivity index (χ1) is 11.6. The minimum Gasteiger partial charge on any atom is -0.461 e. The van der Waals surface area contributed by atoms with Gasteiger partial charge in [0, 0.05) is 5.02 Å². The summed E-state index contributed by atoms with van der Waals surface area (Å²) in [7, 11) is 0. The Hall–Kier alpha value is -2.54. The van der Waals surface area contributed by atoms with Gasteiger partial charge in [0.1, 0.15) is 11.3 Å². The Morgan fingerprint density at radius 3 is 2.52 bits per heavy atom. The Morgan fingerprint density at radius 2 is 1.96 bits per heavy atom. The van der Waals surface area contributed by atoms with Crippen LogP contribution in [-0.2, 0) is 9.47 Å². The Morgan fingerprint density at radius 1 is 1.28 bits per heavy atom. The molecule has 0 fully saturated rings. The molecule has 0 saturated carbocycles. The van der Waals surface area contributed by atoms with E-state index >= 15 is 0 Å². The number of nitrogens with zero attached hydrogens (tertiary/aromatic N) is 2. The second kappa shape index (κ2) is 7.14. The van der Waals surface area contributed by atoms with Gasteiger partial charge in [-0.25, -0.2) is 14.3 Å². The summed E-state index contributed by atoms with van der Waals surface area (Å²) in [5, 5.41) is 4.59. The number of rotatable bonds is 4. The molecule has 1 aromatic heterocycles. The largest absolute Gasteiger partial charge is 0.461 e. The lowest BCUT2D eigenvalue weighted by Gasteiger charge is -2.20. The minimum atomic E-state index is -0.739. The van der Waals surface area contributed by atoms with Crippen molar-refractivity contribution in [1.82, 2.24) is 9.78 Å².